The summed E-state index contributed by atoms with van der Waals surface area (Å²) in [6.07, 6.45) is -0.500. The molecule has 0 amide bonds. The molecule has 2 atom stereocenters. The first-order valence-corrected chi connectivity index (χ1v) is 5.91. The van der Waals surface area contributed by atoms with E-state index in [1.807, 2.05) is 6.92 Å². The first kappa shape index (κ1) is 15.0. The monoisotopic (exact) mass is 259 g/mol. The molecule has 3 nitrogen and oxygen atoms in total. The van der Waals surface area contributed by atoms with E-state index in [4.69, 9.17) is 0 Å². The third-order valence-corrected chi connectivity index (χ3v) is 3.17. The fraction of sp³-hybridized carbons (Fsp3) is 0.538. The summed E-state index contributed by atoms with van der Waals surface area (Å²) in [6.45, 7) is 3.63. The van der Waals surface area contributed by atoms with Crippen LogP contribution in [0.3, 0.4) is 0 Å². The second-order valence-corrected chi connectivity index (χ2v) is 4.63. The first-order chi connectivity index (χ1) is 8.41. The topological polar surface area (TPSA) is 52.5 Å². The SMILES string of the molecule is CCC(C)(CO)NCC(O)c1cc(F)ccc1F. The molecule has 0 aliphatic heterocycles. The summed E-state index contributed by atoms with van der Waals surface area (Å²) in [5.74, 6) is -1.24. The Kier molecular flexibility index (Phi) is 5.19. The van der Waals surface area contributed by atoms with Crippen molar-refractivity contribution in [1.82, 2.24) is 5.32 Å². The van der Waals surface area contributed by atoms with E-state index in [-0.39, 0.29) is 18.7 Å². The molecule has 1 aromatic carbocycles. The van der Waals surface area contributed by atoms with Crippen LogP contribution in [0, 0.1) is 11.6 Å². The molecule has 5 heteroatoms. The number of hydrogen-bond acceptors (Lipinski definition) is 3. The van der Waals surface area contributed by atoms with Crippen molar-refractivity contribution in [2.45, 2.75) is 31.9 Å². The van der Waals surface area contributed by atoms with Gasteiger partial charge in [-0.25, -0.2) is 8.78 Å². The van der Waals surface area contributed by atoms with Crippen LogP contribution in [0.4, 0.5) is 8.78 Å². The van der Waals surface area contributed by atoms with Crippen LogP contribution in [-0.4, -0.2) is 28.9 Å². The fourth-order valence-electron chi connectivity index (χ4n) is 1.52. The summed E-state index contributed by atoms with van der Waals surface area (Å²) >= 11 is 0. The Morgan fingerprint density at radius 1 is 1.39 bits per heavy atom. The van der Waals surface area contributed by atoms with Crippen molar-refractivity contribution < 1.29 is 19.0 Å². The summed E-state index contributed by atoms with van der Waals surface area (Å²) in [5.41, 5.74) is -0.621. The number of nitrogens with one attached hydrogen (secondary N) is 1. The third-order valence-electron chi connectivity index (χ3n) is 3.17. The van der Waals surface area contributed by atoms with E-state index in [0.29, 0.717) is 6.42 Å². The fourth-order valence-corrected chi connectivity index (χ4v) is 1.52. The van der Waals surface area contributed by atoms with Gasteiger partial charge in [-0.05, 0) is 31.5 Å². The van der Waals surface area contributed by atoms with Crippen LogP contribution >= 0.6 is 0 Å². The van der Waals surface area contributed by atoms with Gasteiger partial charge in [0.2, 0.25) is 0 Å². The van der Waals surface area contributed by atoms with Gasteiger partial charge in [0.1, 0.15) is 11.6 Å². The average molecular weight is 259 g/mol. The second-order valence-electron chi connectivity index (χ2n) is 4.63. The Morgan fingerprint density at radius 2 is 2.06 bits per heavy atom. The lowest BCUT2D eigenvalue weighted by Gasteiger charge is -2.28. The lowest BCUT2D eigenvalue weighted by atomic mass is 9.99. The van der Waals surface area contributed by atoms with Gasteiger partial charge in [-0.3, -0.25) is 0 Å². The molecule has 0 aliphatic carbocycles. The molecule has 18 heavy (non-hydrogen) atoms. The van der Waals surface area contributed by atoms with E-state index in [2.05, 4.69) is 5.32 Å². The van der Waals surface area contributed by atoms with Gasteiger partial charge in [0.25, 0.3) is 0 Å². The third kappa shape index (κ3) is 3.73. The Morgan fingerprint density at radius 3 is 2.61 bits per heavy atom. The Hall–Kier alpha value is -1.04. The van der Waals surface area contributed by atoms with Gasteiger partial charge in [-0.2, -0.15) is 0 Å². The van der Waals surface area contributed by atoms with E-state index in [0.717, 1.165) is 18.2 Å². The Balaban J connectivity index is 2.71. The van der Waals surface area contributed by atoms with Crippen LogP contribution in [-0.2, 0) is 0 Å². The van der Waals surface area contributed by atoms with Crippen LogP contribution in [0.1, 0.15) is 31.9 Å². The number of halogens is 2. The molecule has 0 bridgehead atoms. The highest BCUT2D eigenvalue weighted by atomic mass is 19.1. The van der Waals surface area contributed by atoms with Gasteiger partial charge in [-0.1, -0.05) is 6.92 Å². The largest absolute Gasteiger partial charge is 0.394 e. The zero-order valence-electron chi connectivity index (χ0n) is 10.6. The molecule has 3 N–H and O–H groups in total. The predicted octanol–water partition coefficient (Wildman–Crippen LogP) is 1.75. The predicted molar refractivity (Wildman–Crippen MR) is 65.1 cm³/mol. The molecule has 0 saturated heterocycles. The van der Waals surface area contributed by atoms with Crippen LogP contribution in [0.5, 0.6) is 0 Å². The molecule has 1 aromatic rings. The molecule has 1 rings (SSSR count). The second kappa shape index (κ2) is 6.22. The van der Waals surface area contributed by atoms with Crippen molar-refractivity contribution in [2.75, 3.05) is 13.2 Å². The zero-order chi connectivity index (χ0) is 13.8. The highest BCUT2D eigenvalue weighted by Gasteiger charge is 2.22. The maximum absolute atomic E-state index is 13.4. The highest BCUT2D eigenvalue weighted by Crippen LogP contribution is 2.19. The van der Waals surface area contributed by atoms with Gasteiger partial charge >= 0.3 is 0 Å². The lowest BCUT2D eigenvalue weighted by molar-refractivity contribution is 0.124. The zero-order valence-corrected chi connectivity index (χ0v) is 10.6. The van der Waals surface area contributed by atoms with E-state index in [9.17, 15) is 19.0 Å². The quantitative estimate of drug-likeness (QED) is 0.729. The standard InChI is InChI=1S/C13H19F2NO2/c1-3-13(2,8-17)16-7-12(18)10-6-9(14)4-5-11(10)15/h4-6,12,16-18H,3,7-8H2,1-2H3. The van der Waals surface area contributed by atoms with Crippen molar-refractivity contribution in [2.24, 2.45) is 0 Å². The molecular weight excluding hydrogens is 240 g/mol. The first-order valence-electron chi connectivity index (χ1n) is 5.91. The normalized spacial score (nSPS) is 16.3. The van der Waals surface area contributed by atoms with Gasteiger partial charge < -0.3 is 15.5 Å². The van der Waals surface area contributed by atoms with Gasteiger partial charge in [0, 0.05) is 17.6 Å². The van der Waals surface area contributed by atoms with E-state index >= 15 is 0 Å². The van der Waals surface area contributed by atoms with Crippen LogP contribution < -0.4 is 5.32 Å². The summed E-state index contributed by atoms with van der Waals surface area (Å²) in [7, 11) is 0. The smallest absolute Gasteiger partial charge is 0.129 e. The molecule has 2 unspecified atom stereocenters. The Bertz CT molecular complexity index is 395. The minimum atomic E-state index is -1.15. The van der Waals surface area contributed by atoms with Crippen molar-refractivity contribution in [3.63, 3.8) is 0 Å². The molecule has 0 fully saturated rings. The maximum Gasteiger partial charge on any atom is 0.129 e. The van der Waals surface area contributed by atoms with Crippen molar-refractivity contribution in [3.8, 4) is 0 Å². The molecular formula is C13H19F2NO2. The minimum absolute atomic E-state index is 0.0469. The van der Waals surface area contributed by atoms with Crippen LogP contribution in [0.25, 0.3) is 0 Å². The van der Waals surface area contributed by atoms with Gasteiger partial charge in [0.15, 0.2) is 0 Å². The maximum atomic E-state index is 13.4. The summed E-state index contributed by atoms with van der Waals surface area (Å²) in [4.78, 5) is 0. The number of rotatable bonds is 6. The molecule has 0 radical (unpaired) electrons. The van der Waals surface area contributed by atoms with Gasteiger partial charge in [0.05, 0.1) is 12.7 Å². The molecule has 0 aromatic heterocycles. The van der Waals surface area contributed by atoms with Gasteiger partial charge in [-0.15, -0.1) is 0 Å². The number of aliphatic hydroxyl groups is 2. The Labute approximate surface area is 105 Å². The number of hydrogen-bond donors (Lipinski definition) is 3. The molecule has 0 saturated carbocycles. The summed E-state index contributed by atoms with van der Waals surface area (Å²) in [6, 6.07) is 2.96. The van der Waals surface area contributed by atoms with Crippen molar-refractivity contribution in [3.05, 3.63) is 35.4 Å². The number of benzene rings is 1. The minimum Gasteiger partial charge on any atom is -0.394 e. The van der Waals surface area contributed by atoms with E-state index in [1.165, 1.54) is 0 Å². The van der Waals surface area contributed by atoms with E-state index in [1.54, 1.807) is 6.92 Å². The summed E-state index contributed by atoms with van der Waals surface area (Å²) < 4.78 is 26.4. The lowest BCUT2D eigenvalue weighted by Crippen LogP contribution is -2.46. The van der Waals surface area contributed by atoms with E-state index < -0.39 is 23.3 Å². The highest BCUT2D eigenvalue weighted by molar-refractivity contribution is 5.21. The molecule has 0 aliphatic rings. The molecule has 0 spiro atoms. The van der Waals surface area contributed by atoms with Crippen LogP contribution in [0.15, 0.2) is 18.2 Å². The summed E-state index contributed by atoms with van der Waals surface area (Å²) in [5, 5.41) is 22.0. The number of aliphatic hydroxyl groups excluding tert-OH is 2. The molecule has 102 valence electrons. The number of β-amino-alcohol motifs (C(OH)–C–C–N with tert-alkyl or cyclic N) is 1. The van der Waals surface area contributed by atoms with Crippen LogP contribution in [0.2, 0.25) is 0 Å². The van der Waals surface area contributed by atoms with Crippen molar-refractivity contribution in [1.29, 1.82) is 0 Å². The van der Waals surface area contributed by atoms with Crippen molar-refractivity contribution >= 4 is 0 Å². The molecule has 0 heterocycles. The average Bonchev–Trinajstić information content (AvgIpc) is 2.38.